The van der Waals surface area contributed by atoms with Crippen molar-refractivity contribution >= 4 is 25.9 Å². The number of pyridine rings is 1. The van der Waals surface area contributed by atoms with Crippen LogP contribution in [0.2, 0.25) is 0 Å². The topological polar surface area (TPSA) is 246 Å². The zero-order valence-electron chi connectivity index (χ0n) is 16.7. The van der Waals surface area contributed by atoms with Gasteiger partial charge in [0.2, 0.25) is 25.9 Å². The SMILES string of the molecule is Cc1cc(-c2ccc(S(=O)(=O)NCC(O)CN)c(S(N)(=O)=O)c2-c2nn[nH]n2)cnc1N. The van der Waals surface area contributed by atoms with Crippen molar-refractivity contribution < 1.29 is 21.9 Å². The Morgan fingerprint density at radius 2 is 1.97 bits per heavy atom. The van der Waals surface area contributed by atoms with Gasteiger partial charge in [0.15, 0.2) is 0 Å². The van der Waals surface area contributed by atoms with Crippen LogP contribution in [0.15, 0.2) is 34.2 Å². The first kappa shape index (κ1) is 23.6. The van der Waals surface area contributed by atoms with Crippen LogP contribution in [0.25, 0.3) is 22.5 Å². The Morgan fingerprint density at radius 3 is 2.53 bits per heavy atom. The molecule has 3 rings (SSSR count). The van der Waals surface area contributed by atoms with E-state index in [0.29, 0.717) is 11.1 Å². The number of tetrazole rings is 1. The average molecular weight is 484 g/mol. The first-order chi connectivity index (χ1) is 15.0. The average Bonchev–Trinajstić information content (AvgIpc) is 3.27. The Labute approximate surface area is 183 Å². The largest absolute Gasteiger partial charge is 0.390 e. The molecule has 0 saturated carbocycles. The van der Waals surface area contributed by atoms with Crippen LogP contribution in [0.4, 0.5) is 5.82 Å². The molecule has 0 fully saturated rings. The lowest BCUT2D eigenvalue weighted by atomic mass is 9.99. The number of H-pyrrole nitrogens is 1. The number of benzene rings is 1. The number of anilines is 1. The molecule has 0 bridgehead atoms. The van der Waals surface area contributed by atoms with Crippen LogP contribution in [0.3, 0.4) is 0 Å². The molecule has 16 heteroatoms. The number of nitrogens with one attached hydrogen (secondary N) is 2. The van der Waals surface area contributed by atoms with Gasteiger partial charge in [0, 0.05) is 24.8 Å². The summed E-state index contributed by atoms with van der Waals surface area (Å²) in [5, 5.41) is 28.3. The molecule has 0 aliphatic rings. The highest BCUT2D eigenvalue weighted by Crippen LogP contribution is 2.38. The molecule has 2 heterocycles. The van der Waals surface area contributed by atoms with Gasteiger partial charge in [-0.05, 0) is 35.4 Å². The second kappa shape index (κ2) is 8.85. The van der Waals surface area contributed by atoms with Crippen LogP contribution in [-0.4, -0.2) is 66.7 Å². The van der Waals surface area contributed by atoms with E-state index < -0.39 is 42.5 Å². The van der Waals surface area contributed by atoms with Crippen molar-refractivity contribution in [3.8, 4) is 22.5 Å². The van der Waals surface area contributed by atoms with Gasteiger partial charge in [-0.2, -0.15) is 5.21 Å². The fourth-order valence-electron chi connectivity index (χ4n) is 2.89. The van der Waals surface area contributed by atoms with Crippen molar-refractivity contribution in [3.05, 3.63) is 30.0 Å². The van der Waals surface area contributed by atoms with E-state index in [9.17, 15) is 21.9 Å². The minimum Gasteiger partial charge on any atom is -0.390 e. The lowest BCUT2D eigenvalue weighted by molar-refractivity contribution is 0.186. The van der Waals surface area contributed by atoms with Crippen LogP contribution < -0.4 is 21.3 Å². The smallest absolute Gasteiger partial charge is 0.242 e. The quantitative estimate of drug-likeness (QED) is 0.206. The summed E-state index contributed by atoms with van der Waals surface area (Å²) in [5.74, 6) is 0.0564. The van der Waals surface area contributed by atoms with Gasteiger partial charge in [0.1, 0.15) is 15.6 Å². The number of aliphatic hydroxyl groups excluding tert-OH is 1. The summed E-state index contributed by atoms with van der Waals surface area (Å²) >= 11 is 0. The number of hydrogen-bond acceptors (Lipinski definition) is 11. The predicted molar refractivity (Wildman–Crippen MR) is 114 cm³/mol. The molecule has 0 radical (unpaired) electrons. The lowest BCUT2D eigenvalue weighted by Crippen LogP contribution is -2.36. The summed E-state index contributed by atoms with van der Waals surface area (Å²) in [6.45, 7) is 1.05. The third-order valence-corrected chi connectivity index (χ3v) is 7.06. The second-order valence-electron chi connectivity index (χ2n) is 6.76. The number of nitrogens with two attached hydrogens (primary N) is 3. The van der Waals surface area contributed by atoms with Crippen molar-refractivity contribution in [2.45, 2.75) is 22.8 Å². The van der Waals surface area contributed by atoms with Gasteiger partial charge in [0.05, 0.1) is 11.7 Å². The molecule has 14 nitrogen and oxygen atoms in total. The molecule has 0 saturated heterocycles. The summed E-state index contributed by atoms with van der Waals surface area (Å²) in [4.78, 5) is 2.65. The predicted octanol–water partition coefficient (Wildman–Crippen LogP) is -1.94. The number of aliphatic hydroxyl groups is 1. The molecule has 172 valence electrons. The summed E-state index contributed by atoms with van der Waals surface area (Å²) in [6.07, 6.45) is 0.209. The zero-order valence-corrected chi connectivity index (χ0v) is 18.4. The number of aromatic amines is 1. The first-order valence-corrected chi connectivity index (χ1v) is 12.0. The molecule has 1 unspecified atom stereocenters. The molecule has 2 aromatic heterocycles. The summed E-state index contributed by atoms with van der Waals surface area (Å²) in [5.41, 5.74) is 12.1. The van der Waals surface area contributed by atoms with Crippen LogP contribution in [0.5, 0.6) is 0 Å². The van der Waals surface area contributed by atoms with E-state index in [4.69, 9.17) is 16.6 Å². The van der Waals surface area contributed by atoms with E-state index in [0.717, 1.165) is 6.07 Å². The molecule has 0 aliphatic carbocycles. The van der Waals surface area contributed by atoms with E-state index in [1.807, 2.05) is 0 Å². The molecule has 0 aliphatic heterocycles. The number of primary sulfonamides is 1. The van der Waals surface area contributed by atoms with Crippen LogP contribution in [0, 0.1) is 6.92 Å². The number of nitrogens with zero attached hydrogens (tertiary/aromatic N) is 4. The van der Waals surface area contributed by atoms with Crippen LogP contribution in [-0.2, 0) is 20.0 Å². The van der Waals surface area contributed by atoms with Gasteiger partial charge < -0.3 is 16.6 Å². The monoisotopic (exact) mass is 483 g/mol. The molecule has 32 heavy (non-hydrogen) atoms. The Kier molecular flexibility index (Phi) is 6.54. The number of nitrogen functional groups attached to an aromatic ring is 1. The highest BCUT2D eigenvalue weighted by atomic mass is 32.2. The van der Waals surface area contributed by atoms with Gasteiger partial charge in [-0.15, -0.1) is 10.2 Å². The van der Waals surface area contributed by atoms with Crippen molar-refractivity contribution in [1.82, 2.24) is 30.3 Å². The number of aryl methyl sites for hydroxylation is 1. The molecule has 3 aromatic rings. The Morgan fingerprint density at radius 1 is 1.25 bits per heavy atom. The zero-order chi connectivity index (χ0) is 23.7. The second-order valence-corrected chi connectivity index (χ2v) is 10.00. The minimum atomic E-state index is -4.64. The highest BCUT2D eigenvalue weighted by Gasteiger charge is 2.32. The molecule has 1 aromatic carbocycles. The number of sulfonamides is 2. The maximum atomic E-state index is 12.9. The fraction of sp³-hybridized carbons (Fsp3) is 0.250. The van der Waals surface area contributed by atoms with E-state index in [-0.39, 0.29) is 29.3 Å². The maximum absolute atomic E-state index is 12.9. The summed E-state index contributed by atoms with van der Waals surface area (Å²) in [6, 6.07) is 4.07. The number of rotatable bonds is 8. The normalized spacial score (nSPS) is 13.2. The van der Waals surface area contributed by atoms with E-state index >= 15 is 0 Å². The van der Waals surface area contributed by atoms with Gasteiger partial charge in [0.25, 0.3) is 0 Å². The van der Waals surface area contributed by atoms with Gasteiger partial charge in [-0.3, -0.25) is 0 Å². The molecular weight excluding hydrogens is 462 g/mol. The maximum Gasteiger partial charge on any atom is 0.242 e. The fourth-order valence-corrected chi connectivity index (χ4v) is 5.56. The number of hydrogen-bond donors (Lipinski definition) is 6. The van der Waals surface area contributed by atoms with Gasteiger partial charge in [-0.25, -0.2) is 31.7 Å². The van der Waals surface area contributed by atoms with Crippen molar-refractivity contribution in [3.63, 3.8) is 0 Å². The molecule has 0 amide bonds. The van der Waals surface area contributed by atoms with Gasteiger partial charge >= 0.3 is 0 Å². The third-order valence-electron chi connectivity index (χ3n) is 4.48. The van der Waals surface area contributed by atoms with Crippen LogP contribution >= 0.6 is 0 Å². The Balaban J connectivity index is 2.35. The molecule has 1 atom stereocenters. The number of aromatic nitrogens is 5. The summed E-state index contributed by atoms with van der Waals surface area (Å²) < 4.78 is 53.2. The standard InChI is InChI=1S/C16H21N9O5S2/c1-8-4-9(6-20-15(8)18)11-2-3-12(32(29,30)21-7-10(26)5-17)14(31(19,27)28)13(11)16-22-24-25-23-16/h2-4,6,10,21,26H,5,7,17H2,1H3,(H2,18,20)(H2,19,27,28)(H,22,23,24,25). The minimum absolute atomic E-state index is 0.200. The Hall–Kier alpha value is -3.02. The molecular formula is C16H21N9O5S2. The molecule has 0 spiro atoms. The first-order valence-electron chi connectivity index (χ1n) is 8.99. The lowest BCUT2D eigenvalue weighted by Gasteiger charge is -2.17. The van der Waals surface area contributed by atoms with E-state index in [1.54, 1.807) is 13.0 Å². The third kappa shape index (κ3) is 4.74. The molecule has 9 N–H and O–H groups in total. The van der Waals surface area contributed by atoms with Gasteiger partial charge in [-0.1, -0.05) is 6.07 Å². The highest BCUT2D eigenvalue weighted by molar-refractivity contribution is 7.92. The van der Waals surface area contributed by atoms with Crippen molar-refractivity contribution in [2.24, 2.45) is 10.9 Å². The van der Waals surface area contributed by atoms with E-state index in [2.05, 4.69) is 30.3 Å². The van der Waals surface area contributed by atoms with Crippen molar-refractivity contribution in [1.29, 1.82) is 0 Å². The van der Waals surface area contributed by atoms with Crippen molar-refractivity contribution in [2.75, 3.05) is 18.8 Å². The van der Waals surface area contributed by atoms with Crippen LogP contribution in [0.1, 0.15) is 5.56 Å². The van der Waals surface area contributed by atoms with E-state index in [1.165, 1.54) is 12.3 Å². The summed E-state index contributed by atoms with van der Waals surface area (Å²) in [7, 11) is -9.09. The Bertz CT molecular complexity index is 1340.